The van der Waals surface area contributed by atoms with Gasteiger partial charge in [-0.15, -0.1) is 0 Å². The molecule has 17 heavy (non-hydrogen) atoms. The van der Waals surface area contributed by atoms with E-state index in [0.717, 1.165) is 21.8 Å². The first-order chi connectivity index (χ1) is 7.88. The lowest BCUT2D eigenvalue weighted by atomic mass is 10.1. The second-order valence-electron chi connectivity index (χ2n) is 3.78. The molecule has 0 saturated carbocycles. The van der Waals surface area contributed by atoms with Crippen LogP contribution in [0.2, 0.25) is 0 Å². The van der Waals surface area contributed by atoms with Gasteiger partial charge in [0.2, 0.25) is 0 Å². The summed E-state index contributed by atoms with van der Waals surface area (Å²) in [6, 6.07) is 3.43. The van der Waals surface area contributed by atoms with Crippen LogP contribution in [0.1, 0.15) is 11.1 Å². The number of hydrogen-bond donors (Lipinski definition) is 1. The van der Waals surface area contributed by atoms with Crippen molar-refractivity contribution in [3.63, 3.8) is 0 Å². The van der Waals surface area contributed by atoms with Gasteiger partial charge in [-0.25, -0.2) is 4.79 Å². The largest absolute Gasteiger partial charge is 0.496 e. The molecule has 0 aliphatic rings. The number of carbonyl (C=O) groups excluding carboxylic acids is 1. The normalized spacial score (nSPS) is 9.88. The van der Waals surface area contributed by atoms with E-state index in [9.17, 15) is 9.59 Å². The summed E-state index contributed by atoms with van der Waals surface area (Å²) in [4.78, 5) is 23.0. The van der Waals surface area contributed by atoms with Gasteiger partial charge in [-0.1, -0.05) is 0 Å². The topological polar surface area (TPSA) is 66.8 Å². The summed E-state index contributed by atoms with van der Waals surface area (Å²) in [7, 11) is 3.00. The van der Waals surface area contributed by atoms with Gasteiger partial charge in [-0.3, -0.25) is 4.79 Å². The van der Waals surface area contributed by atoms with Crippen LogP contribution in [0.3, 0.4) is 0 Å². The summed E-state index contributed by atoms with van der Waals surface area (Å²) in [6.45, 7) is 3.68. The monoisotopic (exact) mass is 237 g/mol. The van der Waals surface area contributed by atoms with Crippen molar-refractivity contribution in [1.82, 2.24) is 0 Å². The van der Waals surface area contributed by atoms with E-state index in [-0.39, 0.29) is 0 Å². The minimum Gasteiger partial charge on any atom is -0.496 e. The van der Waals surface area contributed by atoms with Crippen LogP contribution in [-0.2, 0) is 9.59 Å². The first-order valence-electron chi connectivity index (χ1n) is 5.04. The molecule has 5 heteroatoms. The molecule has 92 valence electrons. The number of aryl methyl sites for hydroxylation is 2. The Hall–Kier alpha value is -2.04. The Kier molecular flexibility index (Phi) is 3.73. The highest BCUT2D eigenvalue weighted by Crippen LogP contribution is 2.28. The van der Waals surface area contributed by atoms with Crippen LogP contribution in [0.5, 0.6) is 5.75 Å². The molecule has 0 aromatic heterocycles. The van der Waals surface area contributed by atoms with Crippen molar-refractivity contribution in [2.45, 2.75) is 13.8 Å². The number of carboxylic acid groups (broad SMARTS) is 1. The van der Waals surface area contributed by atoms with E-state index in [1.54, 1.807) is 19.2 Å². The molecular formula is C12H15NO4. The average Bonchev–Trinajstić information content (AvgIpc) is 2.26. The van der Waals surface area contributed by atoms with Crippen molar-refractivity contribution in [3.8, 4) is 5.75 Å². The maximum Gasteiger partial charge on any atom is 0.394 e. The van der Waals surface area contributed by atoms with Gasteiger partial charge in [-0.05, 0) is 37.1 Å². The number of methoxy groups -OCH3 is 1. The SMILES string of the molecule is COc1c(C)cc(N(C)C(=O)C(=O)O)cc1C. The molecule has 0 heterocycles. The van der Waals surface area contributed by atoms with Gasteiger partial charge in [0.1, 0.15) is 5.75 Å². The number of ether oxygens (including phenoxy) is 1. The number of anilines is 1. The zero-order chi connectivity index (χ0) is 13.2. The lowest BCUT2D eigenvalue weighted by Gasteiger charge is -2.18. The van der Waals surface area contributed by atoms with Gasteiger partial charge >= 0.3 is 11.9 Å². The lowest BCUT2D eigenvalue weighted by molar-refractivity contribution is -0.148. The fourth-order valence-electron chi connectivity index (χ4n) is 1.70. The maximum absolute atomic E-state index is 11.3. The van der Waals surface area contributed by atoms with E-state index < -0.39 is 11.9 Å². The summed E-state index contributed by atoms with van der Waals surface area (Å²) in [5.74, 6) is -1.70. The highest BCUT2D eigenvalue weighted by atomic mass is 16.5. The van der Waals surface area contributed by atoms with Crippen LogP contribution in [0.4, 0.5) is 5.69 Å². The van der Waals surface area contributed by atoms with Gasteiger partial charge < -0.3 is 14.7 Å². The van der Waals surface area contributed by atoms with E-state index in [2.05, 4.69) is 0 Å². The number of carbonyl (C=O) groups is 2. The van der Waals surface area contributed by atoms with E-state index in [1.165, 1.54) is 7.05 Å². The van der Waals surface area contributed by atoms with Gasteiger partial charge in [0, 0.05) is 12.7 Å². The number of likely N-dealkylation sites (N-methyl/N-ethyl adjacent to an activating group) is 1. The summed E-state index contributed by atoms with van der Waals surface area (Å²) >= 11 is 0. The molecule has 0 aliphatic carbocycles. The zero-order valence-electron chi connectivity index (χ0n) is 10.3. The Bertz CT molecular complexity index is 445. The number of nitrogens with zero attached hydrogens (tertiary/aromatic N) is 1. The minimum absolute atomic E-state index is 0.535. The van der Waals surface area contributed by atoms with Crippen LogP contribution in [-0.4, -0.2) is 31.1 Å². The molecular weight excluding hydrogens is 222 g/mol. The first-order valence-corrected chi connectivity index (χ1v) is 5.04. The van der Waals surface area contributed by atoms with E-state index in [4.69, 9.17) is 9.84 Å². The molecule has 0 bridgehead atoms. The molecule has 1 aromatic carbocycles. The molecule has 1 amide bonds. The lowest BCUT2D eigenvalue weighted by Crippen LogP contribution is -2.33. The van der Waals surface area contributed by atoms with Crippen molar-refractivity contribution in [3.05, 3.63) is 23.3 Å². The summed E-state index contributed by atoms with van der Waals surface area (Å²) in [6.07, 6.45) is 0. The third-order valence-electron chi connectivity index (χ3n) is 2.52. The molecule has 0 atom stereocenters. The molecule has 0 radical (unpaired) electrons. The Balaban J connectivity index is 3.17. The maximum atomic E-state index is 11.3. The highest BCUT2D eigenvalue weighted by Gasteiger charge is 2.19. The molecule has 0 aliphatic heterocycles. The number of hydrogen-bond acceptors (Lipinski definition) is 3. The second-order valence-corrected chi connectivity index (χ2v) is 3.78. The average molecular weight is 237 g/mol. The smallest absolute Gasteiger partial charge is 0.394 e. The molecule has 1 rings (SSSR count). The zero-order valence-corrected chi connectivity index (χ0v) is 10.3. The van der Waals surface area contributed by atoms with Gasteiger partial charge in [-0.2, -0.15) is 0 Å². The van der Waals surface area contributed by atoms with Crippen LogP contribution in [0, 0.1) is 13.8 Å². The summed E-state index contributed by atoms with van der Waals surface area (Å²) in [5.41, 5.74) is 2.24. The Morgan fingerprint density at radius 1 is 1.24 bits per heavy atom. The third kappa shape index (κ3) is 2.55. The summed E-state index contributed by atoms with van der Waals surface area (Å²) in [5, 5.41) is 8.64. The fraction of sp³-hybridized carbons (Fsp3) is 0.333. The molecule has 0 spiro atoms. The fourth-order valence-corrected chi connectivity index (χ4v) is 1.70. The van der Waals surface area contributed by atoms with Crippen LogP contribution in [0.15, 0.2) is 12.1 Å². The molecule has 1 N–H and O–H groups in total. The number of amides is 1. The van der Waals surface area contributed by atoms with E-state index in [0.29, 0.717) is 5.69 Å². The molecule has 0 fully saturated rings. The summed E-state index contributed by atoms with van der Waals surface area (Å²) < 4.78 is 5.20. The first kappa shape index (κ1) is 13.0. The van der Waals surface area contributed by atoms with Crippen molar-refractivity contribution in [2.24, 2.45) is 0 Å². The predicted molar refractivity (Wildman–Crippen MR) is 63.5 cm³/mol. The van der Waals surface area contributed by atoms with E-state index in [1.807, 2.05) is 13.8 Å². The number of benzene rings is 1. The van der Waals surface area contributed by atoms with Gasteiger partial charge in [0.05, 0.1) is 7.11 Å². The Labute approximate surface area is 99.6 Å². The van der Waals surface area contributed by atoms with Crippen LogP contribution < -0.4 is 9.64 Å². The number of aliphatic carboxylic acids is 1. The van der Waals surface area contributed by atoms with Crippen LogP contribution in [0.25, 0.3) is 0 Å². The molecule has 0 saturated heterocycles. The predicted octanol–water partition coefficient (Wildman–Crippen LogP) is 1.36. The van der Waals surface area contributed by atoms with Gasteiger partial charge in [0.25, 0.3) is 0 Å². The second kappa shape index (κ2) is 4.86. The Morgan fingerprint density at radius 2 is 1.71 bits per heavy atom. The molecule has 0 unspecified atom stereocenters. The van der Waals surface area contributed by atoms with Crippen molar-refractivity contribution in [2.75, 3.05) is 19.1 Å². The number of carboxylic acids is 1. The standard InChI is InChI=1S/C12H15NO4/c1-7-5-9(6-8(2)10(7)17-4)13(3)11(14)12(15)16/h5-6H,1-4H3,(H,15,16). The number of rotatable bonds is 2. The highest BCUT2D eigenvalue weighted by molar-refractivity contribution is 6.37. The van der Waals surface area contributed by atoms with Crippen molar-refractivity contribution in [1.29, 1.82) is 0 Å². The third-order valence-corrected chi connectivity index (χ3v) is 2.52. The van der Waals surface area contributed by atoms with Gasteiger partial charge in [0.15, 0.2) is 0 Å². The van der Waals surface area contributed by atoms with Crippen molar-refractivity contribution < 1.29 is 19.4 Å². The van der Waals surface area contributed by atoms with Crippen LogP contribution >= 0.6 is 0 Å². The molecule has 5 nitrogen and oxygen atoms in total. The minimum atomic E-state index is -1.47. The molecule has 1 aromatic rings. The Morgan fingerprint density at radius 3 is 2.06 bits per heavy atom. The van der Waals surface area contributed by atoms with Crippen molar-refractivity contribution >= 4 is 17.6 Å². The van der Waals surface area contributed by atoms with E-state index >= 15 is 0 Å². The quantitative estimate of drug-likeness (QED) is 0.789.